The average Bonchev–Trinajstić information content (AvgIpc) is 3.04. The summed E-state index contributed by atoms with van der Waals surface area (Å²) >= 11 is 5.93. The van der Waals surface area contributed by atoms with E-state index < -0.39 is 0 Å². The van der Waals surface area contributed by atoms with E-state index in [9.17, 15) is 0 Å². The van der Waals surface area contributed by atoms with Crippen LogP contribution in [0.5, 0.6) is 0 Å². The second kappa shape index (κ2) is 4.08. The summed E-state index contributed by atoms with van der Waals surface area (Å²) in [5.41, 5.74) is 3.70. The van der Waals surface area contributed by atoms with Crippen molar-refractivity contribution in [2.45, 2.75) is 0 Å². The highest BCUT2D eigenvalue weighted by molar-refractivity contribution is 6.30. The highest BCUT2D eigenvalue weighted by Crippen LogP contribution is 2.33. The fourth-order valence-corrected chi connectivity index (χ4v) is 2.56. The Morgan fingerprint density at radius 2 is 1.90 bits per heavy atom. The predicted molar refractivity (Wildman–Crippen MR) is 78.7 cm³/mol. The van der Waals surface area contributed by atoms with Crippen LogP contribution in [-0.2, 0) is 7.05 Å². The molecule has 0 atom stereocenters. The van der Waals surface area contributed by atoms with Gasteiger partial charge in [0.25, 0.3) is 0 Å². The van der Waals surface area contributed by atoms with Gasteiger partial charge in [-0.25, -0.2) is 4.98 Å². The minimum Gasteiger partial charge on any atom is -0.355 e. The van der Waals surface area contributed by atoms with Crippen LogP contribution in [0.4, 0.5) is 0 Å². The van der Waals surface area contributed by atoms with E-state index >= 15 is 0 Å². The molecule has 0 amide bonds. The minimum atomic E-state index is 0.695. The van der Waals surface area contributed by atoms with Crippen molar-refractivity contribution in [3.63, 3.8) is 0 Å². The number of nitrogens with zero attached hydrogens (tertiary/aromatic N) is 3. The molecule has 2 aromatic carbocycles. The molecule has 2 aromatic heterocycles. The van der Waals surface area contributed by atoms with Gasteiger partial charge in [0.05, 0.1) is 17.2 Å². The van der Waals surface area contributed by atoms with Crippen LogP contribution >= 0.6 is 11.6 Å². The van der Waals surface area contributed by atoms with Crippen molar-refractivity contribution in [2.75, 3.05) is 0 Å². The van der Waals surface area contributed by atoms with Crippen molar-refractivity contribution in [1.29, 1.82) is 0 Å². The third-order valence-electron chi connectivity index (χ3n) is 3.44. The Kier molecular flexibility index (Phi) is 2.35. The molecule has 2 heterocycles. The molecule has 20 heavy (non-hydrogen) atoms. The van der Waals surface area contributed by atoms with E-state index in [0.717, 1.165) is 33.3 Å². The molecule has 5 heteroatoms. The van der Waals surface area contributed by atoms with E-state index in [1.54, 1.807) is 6.33 Å². The molecule has 4 rings (SSSR count). The highest BCUT2D eigenvalue weighted by Gasteiger charge is 2.16. The van der Waals surface area contributed by atoms with Crippen LogP contribution in [0, 0.1) is 0 Å². The Hall–Kier alpha value is -2.33. The Morgan fingerprint density at radius 3 is 2.70 bits per heavy atom. The first-order chi connectivity index (χ1) is 9.74. The standard InChI is InChI=1S/C15H10ClN3O/c1-19-8-17-14-12(19)7-6-11-13(14)15(20-18-11)9-2-4-10(16)5-3-9/h2-8H,1H3. The molecule has 0 saturated heterocycles. The summed E-state index contributed by atoms with van der Waals surface area (Å²) < 4.78 is 7.50. The molecule has 0 saturated carbocycles. The summed E-state index contributed by atoms with van der Waals surface area (Å²) in [6, 6.07) is 11.5. The fraction of sp³-hybridized carbons (Fsp3) is 0.0667. The van der Waals surface area contributed by atoms with E-state index in [0.29, 0.717) is 5.02 Å². The number of fused-ring (bicyclic) bond motifs is 3. The number of rotatable bonds is 1. The maximum Gasteiger partial charge on any atom is 0.176 e. The van der Waals surface area contributed by atoms with E-state index in [1.807, 2.05) is 48.0 Å². The molecule has 0 fully saturated rings. The SMILES string of the molecule is Cn1cnc2c3c(-c4ccc(Cl)cc4)onc3ccc21. The topological polar surface area (TPSA) is 43.9 Å². The molecule has 4 aromatic rings. The summed E-state index contributed by atoms with van der Waals surface area (Å²) in [5.74, 6) is 0.723. The third-order valence-corrected chi connectivity index (χ3v) is 3.70. The van der Waals surface area contributed by atoms with Crippen LogP contribution in [0.1, 0.15) is 0 Å². The van der Waals surface area contributed by atoms with Gasteiger partial charge in [-0.15, -0.1) is 0 Å². The summed E-state index contributed by atoms with van der Waals surface area (Å²) in [7, 11) is 1.97. The number of aryl methyl sites for hydroxylation is 1. The quantitative estimate of drug-likeness (QED) is 0.530. The molecule has 0 aliphatic carbocycles. The van der Waals surface area contributed by atoms with Crippen molar-refractivity contribution >= 4 is 33.5 Å². The van der Waals surface area contributed by atoms with Crippen molar-refractivity contribution in [1.82, 2.24) is 14.7 Å². The lowest BCUT2D eigenvalue weighted by Gasteiger charge is -1.98. The second-order valence-corrected chi connectivity index (χ2v) is 5.14. The van der Waals surface area contributed by atoms with E-state index in [-0.39, 0.29) is 0 Å². The molecule has 98 valence electrons. The Balaban J connectivity index is 2.09. The van der Waals surface area contributed by atoms with Crippen LogP contribution in [-0.4, -0.2) is 14.7 Å². The monoisotopic (exact) mass is 283 g/mol. The smallest absolute Gasteiger partial charge is 0.176 e. The van der Waals surface area contributed by atoms with Gasteiger partial charge in [0.15, 0.2) is 5.76 Å². The zero-order valence-electron chi connectivity index (χ0n) is 10.7. The molecule has 4 nitrogen and oxygen atoms in total. The van der Waals surface area contributed by atoms with Crippen molar-refractivity contribution < 1.29 is 4.52 Å². The Morgan fingerprint density at radius 1 is 1.10 bits per heavy atom. The number of imidazole rings is 1. The first kappa shape index (κ1) is 11.5. The third kappa shape index (κ3) is 1.55. The Labute approximate surface area is 119 Å². The van der Waals surface area contributed by atoms with Crippen LogP contribution in [0.25, 0.3) is 33.3 Å². The second-order valence-electron chi connectivity index (χ2n) is 4.70. The van der Waals surface area contributed by atoms with E-state index in [1.165, 1.54) is 0 Å². The molecule has 0 aliphatic rings. The normalized spacial score (nSPS) is 11.5. The van der Waals surface area contributed by atoms with Crippen LogP contribution in [0.15, 0.2) is 47.2 Å². The van der Waals surface area contributed by atoms with E-state index in [4.69, 9.17) is 16.1 Å². The first-order valence-corrected chi connectivity index (χ1v) is 6.57. The van der Waals surface area contributed by atoms with Gasteiger partial charge in [-0.1, -0.05) is 16.8 Å². The maximum absolute atomic E-state index is 5.93. The molecule has 0 bridgehead atoms. The molecule has 0 radical (unpaired) electrons. The number of halogens is 1. The van der Waals surface area contributed by atoms with Gasteiger partial charge in [0.2, 0.25) is 0 Å². The minimum absolute atomic E-state index is 0.695. The fourth-order valence-electron chi connectivity index (χ4n) is 2.43. The lowest BCUT2D eigenvalue weighted by Crippen LogP contribution is -1.83. The van der Waals surface area contributed by atoms with Gasteiger partial charge < -0.3 is 9.09 Å². The van der Waals surface area contributed by atoms with Gasteiger partial charge in [0, 0.05) is 17.6 Å². The van der Waals surface area contributed by atoms with Gasteiger partial charge in [0.1, 0.15) is 11.0 Å². The number of hydrogen-bond donors (Lipinski definition) is 0. The molecule has 0 spiro atoms. The van der Waals surface area contributed by atoms with Gasteiger partial charge in [-0.2, -0.15) is 0 Å². The number of benzene rings is 2. The van der Waals surface area contributed by atoms with Gasteiger partial charge in [-0.05, 0) is 36.4 Å². The largest absolute Gasteiger partial charge is 0.355 e. The van der Waals surface area contributed by atoms with Gasteiger partial charge in [-0.3, -0.25) is 0 Å². The summed E-state index contributed by atoms with van der Waals surface area (Å²) in [4.78, 5) is 4.46. The molecule has 0 unspecified atom stereocenters. The van der Waals surface area contributed by atoms with Gasteiger partial charge >= 0.3 is 0 Å². The first-order valence-electron chi connectivity index (χ1n) is 6.19. The van der Waals surface area contributed by atoms with Crippen molar-refractivity contribution in [3.8, 4) is 11.3 Å². The van der Waals surface area contributed by atoms with E-state index in [2.05, 4.69) is 10.1 Å². The Bertz CT molecular complexity index is 922. The molecular formula is C15H10ClN3O. The zero-order valence-corrected chi connectivity index (χ0v) is 11.4. The summed E-state index contributed by atoms with van der Waals surface area (Å²) in [6.07, 6.45) is 1.79. The van der Waals surface area contributed by atoms with Crippen LogP contribution in [0.3, 0.4) is 0 Å². The van der Waals surface area contributed by atoms with Crippen molar-refractivity contribution in [3.05, 3.63) is 47.7 Å². The lowest BCUT2D eigenvalue weighted by atomic mass is 10.1. The lowest BCUT2D eigenvalue weighted by molar-refractivity contribution is 0.441. The van der Waals surface area contributed by atoms with Crippen LogP contribution in [0.2, 0.25) is 5.02 Å². The number of hydrogen-bond acceptors (Lipinski definition) is 3. The summed E-state index contributed by atoms with van der Waals surface area (Å²) in [6.45, 7) is 0. The molecule has 0 aliphatic heterocycles. The average molecular weight is 284 g/mol. The maximum atomic E-state index is 5.93. The van der Waals surface area contributed by atoms with Crippen molar-refractivity contribution in [2.24, 2.45) is 7.05 Å². The molecule has 0 N–H and O–H groups in total. The number of aromatic nitrogens is 3. The molecular weight excluding hydrogens is 274 g/mol. The highest BCUT2D eigenvalue weighted by atomic mass is 35.5. The predicted octanol–water partition coefficient (Wildman–Crippen LogP) is 4.03. The van der Waals surface area contributed by atoms with Crippen LogP contribution < -0.4 is 0 Å². The summed E-state index contributed by atoms with van der Waals surface area (Å²) in [5, 5.41) is 5.75. The zero-order chi connectivity index (χ0) is 13.7.